The molecular formula is C15H22N2O4. The Balaban J connectivity index is 1.97. The first-order chi connectivity index (χ1) is 9.88. The lowest BCUT2D eigenvalue weighted by atomic mass is 9.84. The number of likely N-dealkylation sites (tertiary alicyclic amines) is 1. The van der Waals surface area contributed by atoms with Crippen LogP contribution in [0.25, 0.3) is 0 Å². The normalized spacial score (nSPS) is 23.1. The Morgan fingerprint density at radius 1 is 1.52 bits per heavy atom. The highest BCUT2D eigenvalue weighted by molar-refractivity contribution is 5.79. The third-order valence-corrected chi connectivity index (χ3v) is 4.30. The number of carbonyl (C=O) groups is 2. The maximum absolute atomic E-state index is 12.2. The van der Waals surface area contributed by atoms with E-state index in [2.05, 4.69) is 5.32 Å². The first kappa shape index (κ1) is 15.4. The molecule has 1 aromatic heterocycles. The van der Waals surface area contributed by atoms with Crippen molar-refractivity contribution in [1.82, 2.24) is 10.2 Å². The Morgan fingerprint density at radius 3 is 2.71 bits per heavy atom. The average molecular weight is 294 g/mol. The second-order valence-electron chi connectivity index (χ2n) is 5.73. The summed E-state index contributed by atoms with van der Waals surface area (Å²) in [7, 11) is 0. The van der Waals surface area contributed by atoms with E-state index < -0.39 is 11.4 Å². The maximum Gasteiger partial charge on any atom is 0.318 e. The van der Waals surface area contributed by atoms with Crippen LogP contribution in [0.1, 0.15) is 44.3 Å². The molecule has 0 radical (unpaired) electrons. The van der Waals surface area contributed by atoms with E-state index >= 15 is 0 Å². The van der Waals surface area contributed by atoms with Crippen LogP contribution in [0.15, 0.2) is 16.5 Å². The second kappa shape index (κ2) is 5.79. The summed E-state index contributed by atoms with van der Waals surface area (Å²) in [4.78, 5) is 25.2. The second-order valence-corrected chi connectivity index (χ2v) is 5.73. The molecule has 2 unspecified atom stereocenters. The Kier molecular flexibility index (Phi) is 4.25. The van der Waals surface area contributed by atoms with Gasteiger partial charge in [0.2, 0.25) is 0 Å². The lowest BCUT2D eigenvalue weighted by Gasteiger charge is -2.24. The number of aryl methyl sites for hydroxylation is 1. The van der Waals surface area contributed by atoms with Gasteiger partial charge >= 0.3 is 12.0 Å². The lowest BCUT2D eigenvalue weighted by molar-refractivity contribution is -0.148. The molecule has 0 aromatic carbocycles. The fourth-order valence-electron chi connectivity index (χ4n) is 2.69. The van der Waals surface area contributed by atoms with Crippen LogP contribution in [-0.4, -0.2) is 35.1 Å². The van der Waals surface area contributed by atoms with Crippen molar-refractivity contribution < 1.29 is 19.1 Å². The fraction of sp³-hybridized carbons (Fsp3) is 0.600. The van der Waals surface area contributed by atoms with E-state index in [1.54, 1.807) is 4.90 Å². The standard InChI is InChI=1S/C15H22N2O4/c1-4-15(13(18)19)7-8-17(9-15)14(20)16-11(3)12-6-5-10(2)21-12/h5-6,11H,4,7-9H2,1-3H3,(H,16,20)(H,18,19). The number of aliphatic carboxylic acids is 1. The Labute approximate surface area is 124 Å². The van der Waals surface area contributed by atoms with Gasteiger partial charge < -0.3 is 19.7 Å². The molecule has 1 aliphatic heterocycles. The Hall–Kier alpha value is -1.98. The molecular weight excluding hydrogens is 272 g/mol. The van der Waals surface area contributed by atoms with Gasteiger partial charge in [0.05, 0.1) is 11.5 Å². The first-order valence-corrected chi connectivity index (χ1v) is 7.23. The number of hydrogen-bond donors (Lipinski definition) is 2. The summed E-state index contributed by atoms with van der Waals surface area (Å²) in [5.74, 6) is 0.665. The van der Waals surface area contributed by atoms with E-state index in [9.17, 15) is 14.7 Å². The third-order valence-electron chi connectivity index (χ3n) is 4.30. The lowest BCUT2D eigenvalue weighted by Crippen LogP contribution is -2.42. The van der Waals surface area contributed by atoms with Gasteiger partial charge in [-0.3, -0.25) is 4.79 Å². The van der Waals surface area contributed by atoms with Crippen LogP contribution in [0.3, 0.4) is 0 Å². The zero-order valence-corrected chi connectivity index (χ0v) is 12.7. The van der Waals surface area contributed by atoms with E-state index in [0.29, 0.717) is 25.1 Å². The molecule has 2 N–H and O–H groups in total. The number of urea groups is 1. The molecule has 1 aromatic rings. The quantitative estimate of drug-likeness (QED) is 0.894. The first-order valence-electron chi connectivity index (χ1n) is 7.23. The van der Waals surface area contributed by atoms with Crippen LogP contribution < -0.4 is 5.32 Å². The van der Waals surface area contributed by atoms with Crippen molar-refractivity contribution in [3.05, 3.63) is 23.7 Å². The predicted octanol–water partition coefficient (Wildman–Crippen LogP) is 2.55. The minimum Gasteiger partial charge on any atom is -0.481 e. The van der Waals surface area contributed by atoms with Gasteiger partial charge in [0.25, 0.3) is 0 Å². The molecule has 2 atom stereocenters. The summed E-state index contributed by atoms with van der Waals surface area (Å²) < 4.78 is 5.48. The van der Waals surface area contributed by atoms with Gasteiger partial charge in [0.15, 0.2) is 0 Å². The van der Waals surface area contributed by atoms with E-state index in [0.717, 1.165) is 5.76 Å². The topological polar surface area (TPSA) is 82.8 Å². The molecule has 1 fully saturated rings. The van der Waals surface area contributed by atoms with Crippen molar-refractivity contribution in [3.63, 3.8) is 0 Å². The highest BCUT2D eigenvalue weighted by atomic mass is 16.4. The van der Waals surface area contributed by atoms with Crippen LogP contribution in [0.4, 0.5) is 4.79 Å². The summed E-state index contributed by atoms with van der Waals surface area (Å²) in [6.45, 7) is 6.27. The number of hydrogen-bond acceptors (Lipinski definition) is 3. The highest BCUT2D eigenvalue weighted by Gasteiger charge is 2.44. The minimum atomic E-state index is -0.824. The summed E-state index contributed by atoms with van der Waals surface area (Å²) in [6, 6.07) is 3.19. The number of nitrogens with zero attached hydrogens (tertiary/aromatic N) is 1. The number of amides is 2. The van der Waals surface area contributed by atoms with Crippen molar-refractivity contribution in [3.8, 4) is 0 Å². The van der Waals surface area contributed by atoms with Gasteiger partial charge in [-0.05, 0) is 38.8 Å². The molecule has 6 nitrogen and oxygen atoms in total. The van der Waals surface area contributed by atoms with Crippen molar-refractivity contribution >= 4 is 12.0 Å². The molecule has 2 rings (SSSR count). The van der Waals surface area contributed by atoms with Crippen molar-refractivity contribution in [2.75, 3.05) is 13.1 Å². The van der Waals surface area contributed by atoms with Gasteiger partial charge in [-0.2, -0.15) is 0 Å². The monoisotopic (exact) mass is 294 g/mol. The van der Waals surface area contributed by atoms with Crippen LogP contribution in [0.2, 0.25) is 0 Å². The molecule has 1 saturated heterocycles. The highest BCUT2D eigenvalue weighted by Crippen LogP contribution is 2.34. The number of nitrogens with one attached hydrogen (secondary N) is 1. The fourth-order valence-corrected chi connectivity index (χ4v) is 2.69. The molecule has 21 heavy (non-hydrogen) atoms. The van der Waals surface area contributed by atoms with Gasteiger partial charge in [-0.15, -0.1) is 0 Å². The third kappa shape index (κ3) is 3.04. The minimum absolute atomic E-state index is 0.242. The zero-order chi connectivity index (χ0) is 15.6. The van der Waals surface area contributed by atoms with Crippen LogP contribution in [-0.2, 0) is 4.79 Å². The molecule has 1 aliphatic rings. The average Bonchev–Trinajstić information content (AvgIpc) is 3.05. The number of carboxylic acids is 1. The smallest absolute Gasteiger partial charge is 0.318 e. The molecule has 6 heteroatoms. The Bertz CT molecular complexity index is 540. The molecule has 0 spiro atoms. The van der Waals surface area contributed by atoms with Gasteiger partial charge in [0.1, 0.15) is 11.5 Å². The van der Waals surface area contributed by atoms with Crippen molar-refractivity contribution in [2.45, 2.75) is 39.7 Å². The SMILES string of the molecule is CCC1(C(=O)O)CCN(C(=O)NC(C)c2ccc(C)o2)C1. The Morgan fingerprint density at radius 2 is 2.24 bits per heavy atom. The molecule has 0 saturated carbocycles. The summed E-state index contributed by atoms with van der Waals surface area (Å²) in [6.07, 6.45) is 1.03. The van der Waals surface area contributed by atoms with E-state index in [-0.39, 0.29) is 18.6 Å². The largest absolute Gasteiger partial charge is 0.481 e. The van der Waals surface area contributed by atoms with Crippen molar-refractivity contribution in [2.24, 2.45) is 5.41 Å². The maximum atomic E-state index is 12.2. The number of furan rings is 1. The molecule has 0 bridgehead atoms. The van der Waals surface area contributed by atoms with Gasteiger partial charge in [0, 0.05) is 13.1 Å². The van der Waals surface area contributed by atoms with E-state index in [1.807, 2.05) is 32.9 Å². The van der Waals surface area contributed by atoms with E-state index in [4.69, 9.17) is 4.42 Å². The molecule has 2 heterocycles. The van der Waals surface area contributed by atoms with E-state index in [1.165, 1.54) is 0 Å². The summed E-state index contributed by atoms with van der Waals surface area (Å²) in [5, 5.41) is 12.2. The number of carboxylic acid groups (broad SMARTS) is 1. The predicted molar refractivity (Wildman–Crippen MR) is 76.9 cm³/mol. The summed E-state index contributed by atoms with van der Waals surface area (Å²) >= 11 is 0. The summed E-state index contributed by atoms with van der Waals surface area (Å²) in [5.41, 5.74) is -0.804. The molecule has 2 amide bonds. The zero-order valence-electron chi connectivity index (χ0n) is 12.7. The molecule has 116 valence electrons. The van der Waals surface area contributed by atoms with Gasteiger partial charge in [-0.25, -0.2) is 4.79 Å². The number of rotatable bonds is 4. The number of carbonyl (C=O) groups excluding carboxylic acids is 1. The van der Waals surface area contributed by atoms with Gasteiger partial charge in [-0.1, -0.05) is 6.92 Å². The van der Waals surface area contributed by atoms with Crippen LogP contribution >= 0.6 is 0 Å². The van der Waals surface area contributed by atoms with Crippen molar-refractivity contribution in [1.29, 1.82) is 0 Å². The molecule has 0 aliphatic carbocycles. The van der Waals surface area contributed by atoms with Crippen LogP contribution in [0.5, 0.6) is 0 Å². The van der Waals surface area contributed by atoms with Crippen LogP contribution in [0, 0.1) is 12.3 Å².